The second kappa shape index (κ2) is 8.36. The van der Waals surface area contributed by atoms with Gasteiger partial charge in [-0.05, 0) is 6.42 Å². The molecule has 0 radical (unpaired) electrons. The van der Waals surface area contributed by atoms with Crippen molar-refractivity contribution in [3.05, 3.63) is 24.5 Å². The summed E-state index contributed by atoms with van der Waals surface area (Å²) >= 11 is 0. The van der Waals surface area contributed by atoms with Crippen LogP contribution in [0.15, 0.2) is 24.5 Å². The summed E-state index contributed by atoms with van der Waals surface area (Å²) in [5.41, 5.74) is 0.543. The highest BCUT2D eigenvalue weighted by molar-refractivity contribution is 5.97. The minimum absolute atomic E-state index is 0.0590. The lowest BCUT2D eigenvalue weighted by molar-refractivity contribution is -0.339. The van der Waals surface area contributed by atoms with E-state index in [0.717, 1.165) is 0 Å². The van der Waals surface area contributed by atoms with Crippen LogP contribution >= 0.6 is 0 Å². The summed E-state index contributed by atoms with van der Waals surface area (Å²) in [4.78, 5) is 12.3. The van der Waals surface area contributed by atoms with Gasteiger partial charge >= 0.3 is 0 Å². The maximum atomic E-state index is 12.3. The fourth-order valence-corrected chi connectivity index (χ4v) is 3.85. The van der Waals surface area contributed by atoms with Crippen LogP contribution in [0.2, 0.25) is 0 Å². The first-order chi connectivity index (χ1) is 12.9. The Bertz CT molecular complexity index is 589. The number of hydrogen-bond acceptors (Lipinski definition) is 9. The summed E-state index contributed by atoms with van der Waals surface area (Å²) in [6.45, 7) is 3.24. The molecule has 0 aromatic heterocycles. The molecule has 1 saturated carbocycles. The first-order valence-corrected chi connectivity index (χ1v) is 8.91. The molecule has 2 fully saturated rings. The smallest absolute Gasteiger partial charge is 0.208 e. The van der Waals surface area contributed by atoms with Crippen LogP contribution in [-0.4, -0.2) is 83.0 Å². The molecule has 3 unspecified atom stereocenters. The van der Waals surface area contributed by atoms with Gasteiger partial charge in [-0.1, -0.05) is 6.08 Å². The molecule has 1 aliphatic carbocycles. The number of carbonyl (C=O) groups is 1. The van der Waals surface area contributed by atoms with Crippen LogP contribution in [0.25, 0.3) is 0 Å². The molecule has 9 atom stereocenters. The van der Waals surface area contributed by atoms with Crippen molar-refractivity contribution in [3.63, 3.8) is 0 Å². The fraction of sp³-hybridized carbons (Fsp3) is 0.722. The molecule has 0 spiro atoms. The number of methoxy groups -OCH3 is 1. The molecule has 9 nitrogen and oxygen atoms in total. The van der Waals surface area contributed by atoms with Gasteiger partial charge in [0.25, 0.3) is 0 Å². The predicted octanol–water partition coefficient (Wildman–Crippen LogP) is -1.16. The van der Waals surface area contributed by atoms with E-state index in [1.807, 2.05) is 0 Å². The SMILES string of the molecule is C=CC1C(O[C@@H]2O[C@H](CO)[C@@H](O)[C@H](O)[C@H]2O)OC=C2C(=O)C[C@H](OC)CC21. The molecule has 3 rings (SSSR count). The van der Waals surface area contributed by atoms with E-state index in [9.17, 15) is 25.2 Å². The Morgan fingerprint density at radius 3 is 2.63 bits per heavy atom. The van der Waals surface area contributed by atoms with Crippen molar-refractivity contribution in [2.75, 3.05) is 13.7 Å². The van der Waals surface area contributed by atoms with Gasteiger partial charge < -0.3 is 39.4 Å². The van der Waals surface area contributed by atoms with Gasteiger partial charge in [0.1, 0.15) is 24.4 Å². The number of aliphatic hydroxyl groups is 4. The number of carbonyl (C=O) groups excluding carboxylic acids is 1. The van der Waals surface area contributed by atoms with Crippen LogP contribution in [-0.2, 0) is 23.7 Å². The number of fused-ring (bicyclic) bond motifs is 1. The third kappa shape index (κ3) is 3.81. The van der Waals surface area contributed by atoms with Crippen LogP contribution in [0.3, 0.4) is 0 Å². The third-order valence-corrected chi connectivity index (χ3v) is 5.48. The van der Waals surface area contributed by atoms with Gasteiger partial charge in [0, 0.05) is 30.9 Å². The zero-order chi connectivity index (χ0) is 19.7. The number of rotatable bonds is 5. The Morgan fingerprint density at radius 1 is 1.26 bits per heavy atom. The predicted molar refractivity (Wildman–Crippen MR) is 90.0 cm³/mol. The minimum Gasteiger partial charge on any atom is -0.471 e. The number of aliphatic hydroxyl groups excluding tert-OH is 4. The van der Waals surface area contributed by atoms with Gasteiger partial charge in [0.05, 0.1) is 19.0 Å². The van der Waals surface area contributed by atoms with E-state index in [2.05, 4.69) is 6.58 Å². The van der Waals surface area contributed by atoms with Gasteiger partial charge in [-0.25, -0.2) is 0 Å². The molecule has 2 aliphatic heterocycles. The zero-order valence-corrected chi connectivity index (χ0v) is 15.0. The monoisotopic (exact) mass is 386 g/mol. The Hall–Kier alpha value is -1.33. The minimum atomic E-state index is -1.55. The molecule has 3 aliphatic rings. The molecule has 1 saturated heterocycles. The summed E-state index contributed by atoms with van der Waals surface area (Å²) < 4.78 is 22.0. The fourth-order valence-electron chi connectivity index (χ4n) is 3.85. The first kappa shape index (κ1) is 20.4. The molecule has 27 heavy (non-hydrogen) atoms. The van der Waals surface area contributed by atoms with E-state index < -0.39 is 49.5 Å². The van der Waals surface area contributed by atoms with E-state index in [1.54, 1.807) is 13.2 Å². The Morgan fingerprint density at radius 2 is 2.00 bits per heavy atom. The van der Waals surface area contributed by atoms with Crippen molar-refractivity contribution < 1.29 is 44.2 Å². The second-order valence-corrected chi connectivity index (χ2v) is 7.05. The highest BCUT2D eigenvalue weighted by Gasteiger charge is 2.48. The van der Waals surface area contributed by atoms with Crippen LogP contribution in [0, 0.1) is 11.8 Å². The van der Waals surface area contributed by atoms with Crippen molar-refractivity contribution >= 4 is 5.78 Å². The molecule has 9 heteroatoms. The highest BCUT2D eigenvalue weighted by Crippen LogP contribution is 2.41. The molecular formula is C18H26O9. The van der Waals surface area contributed by atoms with Gasteiger partial charge in [-0.2, -0.15) is 0 Å². The van der Waals surface area contributed by atoms with E-state index in [-0.39, 0.29) is 24.2 Å². The van der Waals surface area contributed by atoms with Gasteiger partial charge in [0.2, 0.25) is 6.29 Å². The molecule has 152 valence electrons. The summed E-state index contributed by atoms with van der Waals surface area (Å²) in [5.74, 6) is -0.701. The van der Waals surface area contributed by atoms with E-state index in [1.165, 1.54) is 6.26 Å². The number of ether oxygens (including phenoxy) is 4. The Balaban J connectivity index is 1.77. The van der Waals surface area contributed by atoms with Gasteiger partial charge in [-0.3, -0.25) is 4.79 Å². The van der Waals surface area contributed by atoms with Crippen molar-refractivity contribution in [2.45, 2.75) is 55.9 Å². The molecule has 0 aromatic carbocycles. The molecule has 4 N–H and O–H groups in total. The van der Waals surface area contributed by atoms with Crippen molar-refractivity contribution in [1.29, 1.82) is 0 Å². The quantitative estimate of drug-likeness (QED) is 0.432. The first-order valence-electron chi connectivity index (χ1n) is 8.91. The van der Waals surface area contributed by atoms with Crippen molar-refractivity contribution in [1.82, 2.24) is 0 Å². The average Bonchev–Trinajstić information content (AvgIpc) is 2.67. The van der Waals surface area contributed by atoms with Crippen LogP contribution in [0.1, 0.15) is 12.8 Å². The van der Waals surface area contributed by atoms with Crippen molar-refractivity contribution in [3.8, 4) is 0 Å². The Kier molecular flexibility index (Phi) is 6.32. The summed E-state index contributed by atoms with van der Waals surface area (Å²) in [5, 5.41) is 39.2. The summed E-state index contributed by atoms with van der Waals surface area (Å²) in [6, 6.07) is 0. The average molecular weight is 386 g/mol. The standard InChI is InChI=1S/C18H26O9/c1-3-9-10-4-8(24-2)5-12(20)11(10)7-25-17(9)27-18-16(23)15(22)14(21)13(6-19)26-18/h3,7-10,13-19,21-23H,1,4-6H2,2H3/t8-,9?,10?,13-,14-,15+,16-,17?,18+/m1/s1. The molecule has 0 amide bonds. The van der Waals surface area contributed by atoms with Crippen LogP contribution < -0.4 is 0 Å². The second-order valence-electron chi connectivity index (χ2n) is 7.05. The largest absolute Gasteiger partial charge is 0.471 e. The third-order valence-electron chi connectivity index (χ3n) is 5.48. The van der Waals surface area contributed by atoms with Crippen molar-refractivity contribution in [2.24, 2.45) is 11.8 Å². The van der Waals surface area contributed by atoms with Gasteiger partial charge in [-0.15, -0.1) is 6.58 Å². The molecular weight excluding hydrogens is 360 g/mol. The van der Waals surface area contributed by atoms with Gasteiger partial charge in [0.15, 0.2) is 12.1 Å². The number of allylic oxidation sites excluding steroid dienone is 1. The van der Waals surface area contributed by atoms with E-state index in [4.69, 9.17) is 18.9 Å². The maximum Gasteiger partial charge on any atom is 0.208 e. The normalized spacial score (nSPS) is 44.9. The molecule has 2 heterocycles. The van der Waals surface area contributed by atoms with E-state index >= 15 is 0 Å². The van der Waals surface area contributed by atoms with Crippen LogP contribution in [0.4, 0.5) is 0 Å². The number of ketones is 1. The lowest BCUT2D eigenvalue weighted by Gasteiger charge is -2.44. The molecule has 0 aromatic rings. The number of Topliss-reactive ketones (excluding diaryl/α,β-unsaturated/α-hetero) is 1. The number of hydrogen-bond donors (Lipinski definition) is 4. The lowest BCUT2D eigenvalue weighted by Crippen LogP contribution is -2.60. The molecule has 0 bridgehead atoms. The topological polar surface area (TPSA) is 135 Å². The summed E-state index contributed by atoms with van der Waals surface area (Å²) in [7, 11) is 1.55. The maximum absolute atomic E-state index is 12.3. The lowest BCUT2D eigenvalue weighted by atomic mass is 9.73. The summed E-state index contributed by atoms with van der Waals surface area (Å²) in [6.07, 6.45) is -4.29. The highest BCUT2D eigenvalue weighted by atomic mass is 16.8. The zero-order valence-electron chi connectivity index (χ0n) is 15.0. The van der Waals surface area contributed by atoms with E-state index in [0.29, 0.717) is 12.0 Å². The van der Waals surface area contributed by atoms with Crippen LogP contribution in [0.5, 0.6) is 0 Å². The Labute approximate surface area is 156 Å².